The zero-order chi connectivity index (χ0) is 22.3. The minimum Gasteiger partial charge on any atom is -0.508 e. The van der Waals surface area contributed by atoms with Crippen molar-refractivity contribution in [1.29, 1.82) is 0 Å². The molecule has 2 N–H and O–H groups in total. The smallest absolute Gasteiger partial charge is 0.327 e. The van der Waals surface area contributed by atoms with Crippen LogP contribution in [0, 0.1) is 18.8 Å². The fourth-order valence-corrected chi connectivity index (χ4v) is 4.97. The normalized spacial score (nSPS) is 27.5. The first-order valence-corrected chi connectivity index (χ1v) is 10.4. The number of phenolic OH excluding ortho intramolecular Hbond substituents is 1. The molecule has 0 aliphatic carbocycles. The standard InChI is InChI=1S/C24H26N2O5/c1-4-31-23(30)24(13-15-9-11-16(27)12-10-15)19-18(21(28)26(3)22(19)29)20(25-24)17-8-6-5-7-14(17)2/h5-12,18-20,25,27H,4,13H2,1-3H3/t18-,19+,20-,24+/m0/s1. The number of esters is 1. The Morgan fingerprint density at radius 1 is 1.13 bits per heavy atom. The quantitative estimate of drug-likeness (QED) is 0.566. The molecule has 0 bridgehead atoms. The second kappa shape index (κ2) is 7.81. The molecule has 2 aliphatic heterocycles. The highest BCUT2D eigenvalue weighted by Crippen LogP contribution is 2.50. The van der Waals surface area contributed by atoms with Crippen molar-refractivity contribution in [1.82, 2.24) is 10.2 Å². The maximum atomic E-state index is 13.4. The molecule has 4 atom stereocenters. The molecule has 2 saturated heterocycles. The molecule has 0 spiro atoms. The highest BCUT2D eigenvalue weighted by Gasteiger charge is 2.68. The summed E-state index contributed by atoms with van der Waals surface area (Å²) < 4.78 is 5.43. The van der Waals surface area contributed by atoms with Gasteiger partial charge in [-0.1, -0.05) is 36.4 Å². The largest absolute Gasteiger partial charge is 0.508 e. The number of nitrogens with zero attached hydrogens (tertiary/aromatic N) is 1. The van der Waals surface area contributed by atoms with Gasteiger partial charge in [0.2, 0.25) is 11.8 Å². The van der Waals surface area contributed by atoms with Gasteiger partial charge in [0.15, 0.2) is 0 Å². The number of aryl methyl sites for hydroxylation is 1. The number of carbonyl (C=O) groups excluding carboxylic acids is 3. The van der Waals surface area contributed by atoms with E-state index in [4.69, 9.17) is 4.74 Å². The average Bonchev–Trinajstić information content (AvgIpc) is 3.20. The van der Waals surface area contributed by atoms with Crippen molar-refractivity contribution in [2.75, 3.05) is 13.7 Å². The molecule has 4 rings (SSSR count). The van der Waals surface area contributed by atoms with E-state index in [9.17, 15) is 19.5 Å². The highest BCUT2D eigenvalue weighted by molar-refractivity contribution is 6.09. The Kier molecular flexibility index (Phi) is 5.31. The molecule has 2 amide bonds. The molecule has 7 heteroatoms. The van der Waals surface area contributed by atoms with Crippen LogP contribution in [-0.4, -0.2) is 47.0 Å². The molecule has 0 aromatic heterocycles. The molecular weight excluding hydrogens is 396 g/mol. The van der Waals surface area contributed by atoms with Gasteiger partial charge >= 0.3 is 5.97 Å². The maximum absolute atomic E-state index is 13.4. The van der Waals surface area contributed by atoms with Gasteiger partial charge in [-0.05, 0) is 42.7 Å². The Morgan fingerprint density at radius 2 is 1.81 bits per heavy atom. The van der Waals surface area contributed by atoms with E-state index in [2.05, 4.69) is 5.32 Å². The number of carbonyl (C=O) groups is 3. The molecule has 0 radical (unpaired) electrons. The summed E-state index contributed by atoms with van der Waals surface area (Å²) in [5, 5.41) is 13.0. The Labute approximate surface area is 181 Å². The van der Waals surface area contributed by atoms with E-state index in [-0.39, 0.29) is 30.6 Å². The third kappa shape index (κ3) is 3.29. The maximum Gasteiger partial charge on any atom is 0.327 e. The molecular formula is C24H26N2O5. The van der Waals surface area contributed by atoms with Crippen molar-refractivity contribution in [3.63, 3.8) is 0 Å². The summed E-state index contributed by atoms with van der Waals surface area (Å²) in [6, 6.07) is 13.6. The van der Waals surface area contributed by atoms with Crippen LogP contribution in [-0.2, 0) is 25.5 Å². The zero-order valence-corrected chi connectivity index (χ0v) is 17.8. The molecule has 31 heavy (non-hydrogen) atoms. The fourth-order valence-electron chi connectivity index (χ4n) is 4.97. The van der Waals surface area contributed by atoms with E-state index >= 15 is 0 Å². The van der Waals surface area contributed by atoms with E-state index in [0.29, 0.717) is 0 Å². The Hall–Kier alpha value is -3.19. The number of hydrogen-bond donors (Lipinski definition) is 2. The number of rotatable bonds is 5. The first-order chi connectivity index (χ1) is 14.8. The minimum absolute atomic E-state index is 0.107. The van der Waals surface area contributed by atoms with Crippen LogP contribution in [0.2, 0.25) is 0 Å². The number of benzene rings is 2. The molecule has 2 heterocycles. The van der Waals surface area contributed by atoms with Gasteiger partial charge in [0.05, 0.1) is 18.4 Å². The number of fused-ring (bicyclic) bond motifs is 1. The predicted octanol–water partition coefficient (Wildman–Crippen LogP) is 2.12. The van der Waals surface area contributed by atoms with Crippen LogP contribution in [0.3, 0.4) is 0 Å². The molecule has 162 valence electrons. The van der Waals surface area contributed by atoms with Gasteiger partial charge in [-0.25, -0.2) is 0 Å². The van der Waals surface area contributed by atoms with Crippen molar-refractivity contribution in [2.24, 2.45) is 11.8 Å². The third-order valence-corrected chi connectivity index (χ3v) is 6.46. The third-order valence-electron chi connectivity index (χ3n) is 6.46. The molecule has 2 fully saturated rings. The minimum atomic E-state index is -1.40. The first kappa shape index (κ1) is 21.1. The van der Waals surface area contributed by atoms with Gasteiger partial charge in [0.1, 0.15) is 11.3 Å². The van der Waals surface area contributed by atoms with Crippen molar-refractivity contribution in [3.05, 3.63) is 65.2 Å². The molecule has 2 aromatic carbocycles. The Bertz CT molecular complexity index is 1030. The topological polar surface area (TPSA) is 95.9 Å². The molecule has 0 saturated carbocycles. The van der Waals surface area contributed by atoms with E-state index in [1.54, 1.807) is 19.1 Å². The monoisotopic (exact) mass is 422 g/mol. The number of hydrogen-bond acceptors (Lipinski definition) is 6. The summed E-state index contributed by atoms with van der Waals surface area (Å²) in [6.07, 6.45) is 0.155. The van der Waals surface area contributed by atoms with Crippen LogP contribution >= 0.6 is 0 Å². The van der Waals surface area contributed by atoms with Gasteiger partial charge in [-0.3, -0.25) is 24.6 Å². The number of aromatic hydroxyl groups is 1. The lowest BCUT2D eigenvalue weighted by Crippen LogP contribution is -2.57. The summed E-state index contributed by atoms with van der Waals surface area (Å²) in [7, 11) is 1.47. The summed E-state index contributed by atoms with van der Waals surface area (Å²) in [6.45, 7) is 3.81. The zero-order valence-electron chi connectivity index (χ0n) is 17.8. The van der Waals surface area contributed by atoms with Crippen LogP contribution in [0.15, 0.2) is 48.5 Å². The lowest BCUT2D eigenvalue weighted by molar-refractivity contribution is -0.156. The highest BCUT2D eigenvalue weighted by atomic mass is 16.5. The van der Waals surface area contributed by atoms with Crippen LogP contribution < -0.4 is 5.32 Å². The second-order valence-electron chi connectivity index (χ2n) is 8.25. The number of imide groups is 1. The van der Waals surface area contributed by atoms with Crippen LogP contribution in [0.1, 0.15) is 29.7 Å². The molecule has 2 aromatic rings. The van der Waals surface area contributed by atoms with Crippen molar-refractivity contribution in [2.45, 2.75) is 31.8 Å². The van der Waals surface area contributed by atoms with Crippen LogP contribution in [0.4, 0.5) is 0 Å². The summed E-state index contributed by atoms with van der Waals surface area (Å²) in [5.74, 6) is -2.72. The van der Waals surface area contributed by atoms with Gasteiger partial charge in [0, 0.05) is 19.5 Å². The SMILES string of the molecule is CCOC(=O)[C@]1(Cc2ccc(O)cc2)N[C@@H](c2ccccc2C)[C@H]2C(=O)N(C)C(=O)[C@@H]21. The van der Waals surface area contributed by atoms with E-state index in [1.165, 1.54) is 19.2 Å². The predicted molar refractivity (Wildman–Crippen MR) is 113 cm³/mol. The van der Waals surface area contributed by atoms with Gasteiger partial charge in [-0.2, -0.15) is 0 Å². The fraction of sp³-hybridized carbons (Fsp3) is 0.375. The van der Waals surface area contributed by atoms with Crippen molar-refractivity contribution < 1.29 is 24.2 Å². The van der Waals surface area contributed by atoms with Crippen LogP contribution in [0.25, 0.3) is 0 Å². The summed E-state index contributed by atoms with van der Waals surface area (Å²) in [4.78, 5) is 40.9. The number of ether oxygens (including phenoxy) is 1. The van der Waals surface area contributed by atoms with Gasteiger partial charge in [-0.15, -0.1) is 0 Å². The first-order valence-electron chi connectivity index (χ1n) is 10.4. The number of nitrogens with one attached hydrogen (secondary N) is 1. The average molecular weight is 422 g/mol. The van der Waals surface area contributed by atoms with Gasteiger partial charge in [0.25, 0.3) is 0 Å². The van der Waals surface area contributed by atoms with Crippen molar-refractivity contribution >= 4 is 17.8 Å². The number of phenols is 1. The second-order valence-corrected chi connectivity index (χ2v) is 8.25. The van der Waals surface area contributed by atoms with E-state index in [1.807, 2.05) is 31.2 Å². The number of amides is 2. The summed E-state index contributed by atoms with van der Waals surface area (Å²) in [5.41, 5.74) is 1.20. The van der Waals surface area contributed by atoms with Crippen molar-refractivity contribution in [3.8, 4) is 5.75 Å². The Balaban J connectivity index is 1.87. The van der Waals surface area contributed by atoms with Gasteiger partial charge < -0.3 is 9.84 Å². The van der Waals surface area contributed by atoms with E-state index in [0.717, 1.165) is 21.6 Å². The molecule has 2 aliphatic rings. The molecule has 0 unspecified atom stereocenters. The lowest BCUT2D eigenvalue weighted by Gasteiger charge is -2.33. The Morgan fingerprint density at radius 3 is 2.45 bits per heavy atom. The summed E-state index contributed by atoms with van der Waals surface area (Å²) >= 11 is 0. The van der Waals surface area contributed by atoms with Crippen LogP contribution in [0.5, 0.6) is 5.75 Å². The number of likely N-dealkylation sites (tertiary alicyclic amines) is 1. The lowest BCUT2D eigenvalue weighted by atomic mass is 9.76. The van der Waals surface area contributed by atoms with E-state index < -0.39 is 29.4 Å². The molecule has 7 nitrogen and oxygen atoms in total.